The van der Waals surface area contributed by atoms with Gasteiger partial charge in [-0.15, -0.1) is 0 Å². The van der Waals surface area contributed by atoms with E-state index in [0.29, 0.717) is 11.1 Å². The van der Waals surface area contributed by atoms with Crippen LogP contribution in [-0.4, -0.2) is 5.11 Å². The average molecular weight is 277 g/mol. The van der Waals surface area contributed by atoms with E-state index in [2.05, 4.69) is 0 Å². The van der Waals surface area contributed by atoms with Gasteiger partial charge in [0.2, 0.25) is 0 Å². The lowest BCUT2D eigenvalue weighted by Crippen LogP contribution is -2.07. The molecule has 2 aromatic carbocycles. The third-order valence-corrected chi connectivity index (χ3v) is 2.86. The van der Waals surface area contributed by atoms with Crippen molar-refractivity contribution in [3.05, 3.63) is 70.8 Å². The molecule has 0 saturated heterocycles. The van der Waals surface area contributed by atoms with Crippen molar-refractivity contribution in [3.63, 3.8) is 0 Å². The third-order valence-electron chi connectivity index (χ3n) is 2.86. The summed E-state index contributed by atoms with van der Waals surface area (Å²) < 4.78 is 37.9. The van der Waals surface area contributed by atoms with Crippen LogP contribution in [0.3, 0.4) is 0 Å². The highest BCUT2D eigenvalue weighted by Crippen LogP contribution is 2.32. The van der Waals surface area contributed by atoms with Crippen molar-refractivity contribution in [1.29, 1.82) is 5.26 Å². The first-order valence-electron chi connectivity index (χ1n) is 5.77. The number of alkyl halides is 3. The fourth-order valence-corrected chi connectivity index (χ4v) is 1.86. The molecule has 0 heterocycles. The Morgan fingerprint density at radius 1 is 1.00 bits per heavy atom. The van der Waals surface area contributed by atoms with Gasteiger partial charge >= 0.3 is 6.18 Å². The molecule has 1 N–H and O–H groups in total. The Labute approximate surface area is 113 Å². The second-order valence-electron chi connectivity index (χ2n) is 4.26. The van der Waals surface area contributed by atoms with Gasteiger partial charge in [-0.3, -0.25) is 0 Å². The highest BCUT2D eigenvalue weighted by atomic mass is 19.4. The second kappa shape index (κ2) is 5.35. The van der Waals surface area contributed by atoms with Crippen LogP contribution in [0.2, 0.25) is 0 Å². The lowest BCUT2D eigenvalue weighted by molar-refractivity contribution is -0.137. The summed E-state index contributed by atoms with van der Waals surface area (Å²) in [7, 11) is 0. The number of hydrogen-bond acceptors (Lipinski definition) is 2. The van der Waals surface area contributed by atoms with Crippen LogP contribution in [0.1, 0.15) is 28.4 Å². The van der Waals surface area contributed by atoms with Crippen LogP contribution < -0.4 is 0 Å². The molecular weight excluding hydrogens is 267 g/mol. The van der Waals surface area contributed by atoms with Gasteiger partial charge in [0.25, 0.3) is 0 Å². The lowest BCUT2D eigenvalue weighted by atomic mass is 9.98. The number of rotatable bonds is 2. The van der Waals surface area contributed by atoms with Crippen LogP contribution in [0, 0.1) is 11.3 Å². The van der Waals surface area contributed by atoms with E-state index < -0.39 is 17.8 Å². The molecular formula is C15H10F3NO. The summed E-state index contributed by atoms with van der Waals surface area (Å²) >= 11 is 0. The van der Waals surface area contributed by atoms with Gasteiger partial charge in [0.1, 0.15) is 6.10 Å². The van der Waals surface area contributed by atoms with Crippen molar-refractivity contribution in [2.24, 2.45) is 0 Å². The van der Waals surface area contributed by atoms with Gasteiger partial charge in [0.15, 0.2) is 0 Å². The fraction of sp³-hybridized carbons (Fsp3) is 0.133. The average Bonchev–Trinajstić information content (AvgIpc) is 2.46. The summed E-state index contributed by atoms with van der Waals surface area (Å²) in [6, 6.07) is 12.6. The number of benzene rings is 2. The molecule has 0 spiro atoms. The van der Waals surface area contributed by atoms with Gasteiger partial charge in [-0.05, 0) is 35.4 Å². The molecule has 102 valence electrons. The van der Waals surface area contributed by atoms with Crippen LogP contribution in [0.25, 0.3) is 0 Å². The molecule has 0 saturated carbocycles. The first-order valence-corrected chi connectivity index (χ1v) is 5.77. The van der Waals surface area contributed by atoms with Crippen molar-refractivity contribution in [2.75, 3.05) is 0 Å². The Balaban J connectivity index is 2.38. The molecule has 2 aromatic rings. The van der Waals surface area contributed by atoms with E-state index >= 15 is 0 Å². The molecule has 0 bridgehead atoms. The van der Waals surface area contributed by atoms with E-state index in [9.17, 15) is 18.3 Å². The molecule has 0 amide bonds. The van der Waals surface area contributed by atoms with E-state index in [0.717, 1.165) is 12.1 Å². The quantitative estimate of drug-likeness (QED) is 0.910. The summed E-state index contributed by atoms with van der Waals surface area (Å²) in [4.78, 5) is 0. The zero-order valence-corrected chi connectivity index (χ0v) is 10.2. The maximum absolute atomic E-state index is 12.6. The molecule has 2 nitrogen and oxygen atoms in total. The predicted molar refractivity (Wildman–Crippen MR) is 66.7 cm³/mol. The molecule has 1 unspecified atom stereocenters. The number of nitrogens with zero attached hydrogens (tertiary/aromatic N) is 1. The Hall–Kier alpha value is -2.32. The van der Waals surface area contributed by atoms with E-state index in [1.54, 1.807) is 18.2 Å². The van der Waals surface area contributed by atoms with E-state index in [1.807, 2.05) is 6.07 Å². The van der Waals surface area contributed by atoms with Crippen molar-refractivity contribution < 1.29 is 18.3 Å². The molecule has 0 aliphatic heterocycles. The topological polar surface area (TPSA) is 44.0 Å². The normalized spacial score (nSPS) is 12.8. The maximum Gasteiger partial charge on any atom is 0.416 e. The summed E-state index contributed by atoms with van der Waals surface area (Å²) in [5, 5.41) is 18.9. The second-order valence-corrected chi connectivity index (χ2v) is 4.26. The number of nitriles is 1. The van der Waals surface area contributed by atoms with E-state index in [-0.39, 0.29) is 5.56 Å². The minimum absolute atomic E-state index is 0.134. The van der Waals surface area contributed by atoms with Crippen LogP contribution in [0.5, 0.6) is 0 Å². The van der Waals surface area contributed by atoms with Gasteiger partial charge in [-0.1, -0.05) is 24.3 Å². The minimum atomic E-state index is -4.45. The minimum Gasteiger partial charge on any atom is -0.384 e. The van der Waals surface area contributed by atoms with Crippen LogP contribution >= 0.6 is 0 Å². The number of hydrogen-bond donors (Lipinski definition) is 1. The van der Waals surface area contributed by atoms with Gasteiger partial charge in [0.05, 0.1) is 17.2 Å². The molecule has 1 atom stereocenters. The maximum atomic E-state index is 12.6. The fourth-order valence-electron chi connectivity index (χ4n) is 1.86. The summed E-state index contributed by atoms with van der Waals surface area (Å²) in [5.74, 6) is 0. The van der Waals surface area contributed by atoms with Gasteiger partial charge in [-0.25, -0.2) is 0 Å². The summed E-state index contributed by atoms with van der Waals surface area (Å²) in [6.07, 6.45) is -5.66. The zero-order valence-electron chi connectivity index (χ0n) is 10.2. The van der Waals surface area contributed by atoms with Crippen molar-refractivity contribution in [1.82, 2.24) is 0 Å². The van der Waals surface area contributed by atoms with Crippen molar-refractivity contribution in [2.45, 2.75) is 12.3 Å². The summed E-state index contributed by atoms with van der Waals surface area (Å²) in [6.45, 7) is 0. The van der Waals surface area contributed by atoms with Crippen molar-refractivity contribution in [3.8, 4) is 6.07 Å². The van der Waals surface area contributed by atoms with Gasteiger partial charge < -0.3 is 5.11 Å². The van der Waals surface area contributed by atoms with Gasteiger partial charge in [0, 0.05) is 0 Å². The van der Waals surface area contributed by atoms with Crippen molar-refractivity contribution >= 4 is 0 Å². The Bertz CT molecular complexity index is 659. The van der Waals surface area contributed by atoms with E-state index in [4.69, 9.17) is 5.26 Å². The first-order chi connectivity index (χ1) is 9.41. The van der Waals surface area contributed by atoms with Crippen LogP contribution in [0.15, 0.2) is 48.5 Å². The molecule has 0 aliphatic rings. The Morgan fingerprint density at radius 2 is 1.60 bits per heavy atom. The monoisotopic (exact) mass is 277 g/mol. The number of halogens is 3. The predicted octanol–water partition coefficient (Wildman–Crippen LogP) is 3.66. The standard InChI is InChI=1S/C15H10F3NO/c16-15(17,18)13-6-2-5-12(8-13)14(20)11-4-1-3-10(7-11)9-19/h1-8,14,20H. The number of aliphatic hydroxyl groups is 1. The molecule has 0 fully saturated rings. The molecule has 0 aromatic heterocycles. The molecule has 20 heavy (non-hydrogen) atoms. The van der Waals surface area contributed by atoms with Crippen LogP contribution in [-0.2, 0) is 6.18 Å². The van der Waals surface area contributed by atoms with Gasteiger partial charge in [-0.2, -0.15) is 18.4 Å². The first kappa shape index (κ1) is 14.1. The number of aliphatic hydroxyl groups excluding tert-OH is 1. The molecule has 0 radical (unpaired) electrons. The van der Waals surface area contributed by atoms with Crippen LogP contribution in [0.4, 0.5) is 13.2 Å². The SMILES string of the molecule is N#Cc1cccc(C(O)c2cccc(C(F)(F)F)c2)c1. The van der Waals surface area contributed by atoms with E-state index in [1.165, 1.54) is 18.2 Å². The lowest BCUT2D eigenvalue weighted by Gasteiger charge is -2.14. The summed E-state index contributed by atoms with van der Waals surface area (Å²) in [5.41, 5.74) is 0.0392. The molecule has 2 rings (SSSR count). The molecule has 5 heteroatoms. The zero-order chi connectivity index (χ0) is 14.8. The highest BCUT2D eigenvalue weighted by molar-refractivity contribution is 5.38. The Morgan fingerprint density at radius 3 is 2.20 bits per heavy atom. The third kappa shape index (κ3) is 2.98. The Kier molecular flexibility index (Phi) is 3.77. The molecule has 0 aliphatic carbocycles. The largest absolute Gasteiger partial charge is 0.416 e. The smallest absolute Gasteiger partial charge is 0.384 e. The highest BCUT2D eigenvalue weighted by Gasteiger charge is 2.30.